The van der Waals surface area contributed by atoms with Crippen molar-refractivity contribution in [3.63, 3.8) is 0 Å². The number of aromatic nitrogens is 4. The molecular weight excluding hydrogens is 372 g/mol. The van der Waals surface area contributed by atoms with Crippen LogP contribution in [0.5, 0.6) is 0 Å². The number of aryl methyl sites for hydroxylation is 2. The van der Waals surface area contributed by atoms with E-state index in [2.05, 4.69) is 15.1 Å². The van der Waals surface area contributed by atoms with Crippen LogP contribution in [0.25, 0.3) is 5.78 Å². The van der Waals surface area contributed by atoms with Gasteiger partial charge in [-0.1, -0.05) is 18.2 Å². The zero-order valence-corrected chi connectivity index (χ0v) is 16.2. The lowest BCUT2D eigenvalue weighted by Gasteiger charge is -2.19. The number of benzene rings is 1. The molecule has 0 saturated heterocycles. The van der Waals surface area contributed by atoms with Crippen molar-refractivity contribution in [2.24, 2.45) is 0 Å². The van der Waals surface area contributed by atoms with E-state index < -0.39 is 18.5 Å². The van der Waals surface area contributed by atoms with Crippen LogP contribution < -0.4 is 4.90 Å². The number of para-hydroxylation sites is 1. The summed E-state index contributed by atoms with van der Waals surface area (Å²) in [5, 5.41) is 13.1. The molecule has 1 amide bonds. The summed E-state index contributed by atoms with van der Waals surface area (Å²) in [6, 6.07) is 10.7. The molecule has 2 aromatic heterocycles. The number of fused-ring (bicyclic) bond motifs is 1. The molecule has 0 N–H and O–H groups in total. The Morgan fingerprint density at radius 2 is 2.00 bits per heavy atom. The SMILES string of the molecule is Cc1nc2ncnn2c(C)c1CCC(=O)OCC(=O)N(CC#N)c1ccccc1. The molecule has 0 aliphatic heterocycles. The first-order valence-electron chi connectivity index (χ1n) is 9.05. The maximum atomic E-state index is 12.4. The molecule has 0 bridgehead atoms. The average molecular weight is 392 g/mol. The Hall–Kier alpha value is -3.80. The number of nitrogens with zero attached hydrogens (tertiary/aromatic N) is 6. The van der Waals surface area contributed by atoms with Crippen molar-refractivity contribution < 1.29 is 14.3 Å². The fourth-order valence-corrected chi connectivity index (χ4v) is 3.04. The number of carbonyl (C=O) groups is 2. The van der Waals surface area contributed by atoms with Gasteiger partial charge in [0.25, 0.3) is 11.7 Å². The molecule has 2 heterocycles. The second-order valence-electron chi connectivity index (χ2n) is 6.37. The third-order valence-electron chi connectivity index (χ3n) is 4.52. The minimum atomic E-state index is -0.499. The molecule has 9 nitrogen and oxygen atoms in total. The van der Waals surface area contributed by atoms with Crippen molar-refractivity contribution >= 4 is 23.3 Å². The van der Waals surface area contributed by atoms with Crippen LogP contribution in [-0.4, -0.2) is 44.6 Å². The Morgan fingerprint density at radius 1 is 1.24 bits per heavy atom. The summed E-state index contributed by atoms with van der Waals surface area (Å²) in [4.78, 5) is 34.3. The van der Waals surface area contributed by atoms with Crippen molar-refractivity contribution in [3.05, 3.63) is 53.6 Å². The quantitative estimate of drug-likeness (QED) is 0.445. The number of hydrogen-bond donors (Lipinski definition) is 0. The summed E-state index contributed by atoms with van der Waals surface area (Å²) in [7, 11) is 0. The summed E-state index contributed by atoms with van der Waals surface area (Å²) in [6.45, 7) is 3.20. The number of hydrogen-bond acceptors (Lipinski definition) is 7. The summed E-state index contributed by atoms with van der Waals surface area (Å²) >= 11 is 0. The number of esters is 1. The van der Waals surface area contributed by atoms with Gasteiger partial charge in [0.15, 0.2) is 6.61 Å². The van der Waals surface area contributed by atoms with Gasteiger partial charge in [-0.3, -0.25) is 14.5 Å². The third-order valence-corrected chi connectivity index (χ3v) is 4.52. The lowest BCUT2D eigenvalue weighted by Crippen LogP contribution is -2.35. The van der Waals surface area contributed by atoms with Crippen molar-refractivity contribution in [3.8, 4) is 6.07 Å². The Kier molecular flexibility index (Phi) is 6.14. The van der Waals surface area contributed by atoms with Crippen LogP contribution in [-0.2, 0) is 20.7 Å². The molecule has 29 heavy (non-hydrogen) atoms. The van der Waals surface area contributed by atoms with Gasteiger partial charge in [0.1, 0.15) is 12.9 Å². The Balaban J connectivity index is 1.58. The fraction of sp³-hybridized carbons (Fsp3) is 0.300. The predicted octanol–water partition coefficient (Wildman–Crippen LogP) is 1.77. The van der Waals surface area contributed by atoms with Gasteiger partial charge in [-0.05, 0) is 38.0 Å². The Bertz CT molecular complexity index is 1070. The van der Waals surface area contributed by atoms with Crippen molar-refractivity contribution in [1.29, 1.82) is 5.26 Å². The molecule has 0 spiro atoms. The highest BCUT2D eigenvalue weighted by molar-refractivity contribution is 5.95. The van der Waals surface area contributed by atoms with Crippen molar-refractivity contribution in [1.82, 2.24) is 19.6 Å². The zero-order valence-electron chi connectivity index (χ0n) is 16.2. The van der Waals surface area contributed by atoms with E-state index in [0.717, 1.165) is 17.0 Å². The second-order valence-corrected chi connectivity index (χ2v) is 6.37. The molecule has 0 aliphatic rings. The smallest absolute Gasteiger partial charge is 0.306 e. The molecule has 0 unspecified atom stereocenters. The number of amides is 1. The molecule has 3 rings (SSSR count). The first-order chi connectivity index (χ1) is 14.0. The van der Waals surface area contributed by atoms with Crippen LogP contribution in [0.1, 0.15) is 23.4 Å². The number of rotatable bonds is 7. The van der Waals surface area contributed by atoms with Gasteiger partial charge in [-0.25, -0.2) is 9.50 Å². The van der Waals surface area contributed by atoms with E-state index >= 15 is 0 Å². The van der Waals surface area contributed by atoms with Crippen LogP contribution in [0.4, 0.5) is 5.69 Å². The molecular formula is C20H20N6O3. The monoisotopic (exact) mass is 392 g/mol. The van der Waals surface area contributed by atoms with Gasteiger partial charge >= 0.3 is 5.97 Å². The molecule has 1 aromatic carbocycles. The molecule has 0 atom stereocenters. The average Bonchev–Trinajstić information content (AvgIpc) is 3.19. The van der Waals surface area contributed by atoms with Crippen molar-refractivity contribution in [2.45, 2.75) is 26.7 Å². The molecule has 148 valence electrons. The number of ether oxygens (including phenoxy) is 1. The molecule has 0 fully saturated rings. The summed E-state index contributed by atoms with van der Waals surface area (Å²) in [5.41, 5.74) is 3.10. The molecule has 0 aliphatic carbocycles. The minimum Gasteiger partial charge on any atom is -0.456 e. The second kappa shape index (κ2) is 8.93. The van der Waals surface area contributed by atoms with Crippen LogP contribution in [0.2, 0.25) is 0 Å². The topological polar surface area (TPSA) is 113 Å². The van der Waals surface area contributed by atoms with Gasteiger partial charge in [-0.15, -0.1) is 0 Å². The van der Waals surface area contributed by atoms with Gasteiger partial charge in [0.05, 0.1) is 6.07 Å². The van der Waals surface area contributed by atoms with Gasteiger partial charge < -0.3 is 4.74 Å². The highest BCUT2D eigenvalue weighted by Crippen LogP contribution is 2.16. The summed E-state index contributed by atoms with van der Waals surface area (Å²) < 4.78 is 6.75. The predicted molar refractivity (Wildman–Crippen MR) is 104 cm³/mol. The molecule has 0 radical (unpaired) electrons. The van der Waals surface area contributed by atoms with E-state index in [0.29, 0.717) is 17.9 Å². The van der Waals surface area contributed by atoms with E-state index in [-0.39, 0.29) is 13.0 Å². The Labute approximate surface area is 167 Å². The maximum Gasteiger partial charge on any atom is 0.306 e. The molecule has 9 heteroatoms. The summed E-state index contributed by atoms with van der Waals surface area (Å²) in [5.74, 6) is -0.444. The van der Waals surface area contributed by atoms with Gasteiger partial charge in [-0.2, -0.15) is 15.3 Å². The van der Waals surface area contributed by atoms with Crippen molar-refractivity contribution in [2.75, 3.05) is 18.1 Å². The number of nitriles is 1. The van der Waals surface area contributed by atoms with Crippen LogP contribution in [0.3, 0.4) is 0 Å². The highest BCUT2D eigenvalue weighted by atomic mass is 16.5. The minimum absolute atomic E-state index is 0.0976. The summed E-state index contributed by atoms with van der Waals surface area (Å²) in [6.07, 6.45) is 1.94. The molecule has 0 saturated carbocycles. The van der Waals surface area contributed by atoms with Gasteiger partial charge in [0.2, 0.25) is 0 Å². The maximum absolute atomic E-state index is 12.4. The molecule has 3 aromatic rings. The van der Waals surface area contributed by atoms with Crippen LogP contribution in [0, 0.1) is 25.2 Å². The van der Waals surface area contributed by atoms with E-state index in [4.69, 9.17) is 10.00 Å². The zero-order chi connectivity index (χ0) is 20.8. The Morgan fingerprint density at radius 3 is 2.72 bits per heavy atom. The van der Waals surface area contributed by atoms with E-state index in [1.807, 2.05) is 26.0 Å². The largest absolute Gasteiger partial charge is 0.456 e. The number of carbonyl (C=O) groups excluding carboxylic acids is 2. The van der Waals surface area contributed by atoms with E-state index in [9.17, 15) is 9.59 Å². The first kappa shape index (κ1) is 19.9. The normalized spacial score (nSPS) is 10.5. The van der Waals surface area contributed by atoms with Gasteiger partial charge in [0, 0.05) is 23.5 Å². The standard InChI is InChI=1S/C20H20N6O3/c1-14-17(15(2)26-20(24-14)22-13-23-26)8-9-19(28)29-12-18(27)25(11-10-21)16-6-4-3-5-7-16/h3-7,13H,8-9,11-12H2,1-2H3. The van der Waals surface area contributed by atoms with Crippen LogP contribution >= 0.6 is 0 Å². The lowest BCUT2D eigenvalue weighted by atomic mass is 10.1. The first-order valence-corrected chi connectivity index (χ1v) is 9.05. The lowest BCUT2D eigenvalue weighted by molar-refractivity contribution is -0.147. The van der Waals surface area contributed by atoms with E-state index in [1.165, 1.54) is 11.2 Å². The number of anilines is 1. The highest BCUT2D eigenvalue weighted by Gasteiger charge is 2.18. The third kappa shape index (κ3) is 4.55. The van der Waals surface area contributed by atoms with E-state index in [1.54, 1.807) is 28.8 Å². The fourth-order valence-electron chi connectivity index (χ4n) is 3.04. The van der Waals surface area contributed by atoms with Crippen LogP contribution in [0.15, 0.2) is 36.7 Å².